The Morgan fingerprint density at radius 1 is 1.02 bits per heavy atom. The summed E-state index contributed by atoms with van der Waals surface area (Å²) >= 11 is 0. The number of nitrogens with one attached hydrogen (secondary N) is 1. The number of ketones is 1. The van der Waals surface area contributed by atoms with Crippen molar-refractivity contribution >= 4 is 23.3 Å². The largest absolute Gasteiger partial charge is 0.493 e. The van der Waals surface area contributed by atoms with Crippen LogP contribution in [0.2, 0.25) is 0 Å². The van der Waals surface area contributed by atoms with Crippen LogP contribution in [0.1, 0.15) is 60.5 Å². The average Bonchev–Trinajstić information content (AvgIpc) is 3.72. The summed E-state index contributed by atoms with van der Waals surface area (Å²) in [7, 11) is 0. The number of hydrogen-bond donors (Lipinski definition) is 2. The molecule has 3 atom stereocenters. The number of carbonyl (C=O) groups is 3. The van der Waals surface area contributed by atoms with Crippen molar-refractivity contribution in [2.24, 2.45) is 17.6 Å². The molecule has 266 valence electrons. The van der Waals surface area contributed by atoms with Gasteiger partial charge in [-0.15, -0.1) is 0 Å². The first kappa shape index (κ1) is 36.8. The number of hydrogen-bond acceptors (Lipinski definition) is 7. The molecule has 0 spiro atoms. The molecule has 2 fully saturated rings. The van der Waals surface area contributed by atoms with E-state index >= 15 is 8.78 Å². The first-order valence-corrected chi connectivity index (χ1v) is 16.5. The van der Waals surface area contributed by atoms with Gasteiger partial charge in [-0.25, -0.2) is 22.4 Å². The minimum absolute atomic E-state index is 0.0218. The fourth-order valence-corrected chi connectivity index (χ4v) is 6.36. The molecule has 5 rings (SSSR count). The van der Waals surface area contributed by atoms with E-state index in [9.17, 15) is 23.2 Å². The van der Waals surface area contributed by atoms with E-state index in [0.717, 1.165) is 49.3 Å². The van der Waals surface area contributed by atoms with Gasteiger partial charge in [-0.1, -0.05) is 48.7 Å². The molecule has 2 aliphatic carbocycles. The van der Waals surface area contributed by atoms with E-state index in [1.807, 2.05) is 18.2 Å². The second-order valence-corrected chi connectivity index (χ2v) is 12.4. The molecule has 2 aliphatic rings. The van der Waals surface area contributed by atoms with Gasteiger partial charge in [-0.2, -0.15) is 0 Å². The lowest BCUT2D eigenvalue weighted by atomic mass is 9.96. The van der Waals surface area contributed by atoms with Crippen molar-refractivity contribution in [3.05, 3.63) is 137 Å². The molecular weight excluding hydrogens is 666 g/mol. The highest BCUT2D eigenvalue weighted by Crippen LogP contribution is 2.47. The summed E-state index contributed by atoms with van der Waals surface area (Å²) in [5.41, 5.74) is 9.55. The van der Waals surface area contributed by atoms with E-state index in [1.165, 1.54) is 24.7 Å². The first-order chi connectivity index (χ1) is 24.5. The predicted octanol–water partition coefficient (Wildman–Crippen LogP) is 7.34. The van der Waals surface area contributed by atoms with E-state index in [4.69, 9.17) is 15.2 Å². The summed E-state index contributed by atoms with van der Waals surface area (Å²) in [6.45, 7) is 3.73. The molecule has 2 bridgehead atoms. The van der Waals surface area contributed by atoms with E-state index in [0.29, 0.717) is 41.3 Å². The van der Waals surface area contributed by atoms with Gasteiger partial charge in [0.1, 0.15) is 41.2 Å². The molecule has 0 aromatic heterocycles. The standard InChI is InChI=1S/C39H37F4N3O5/c1-24(44)46(36(48)10-5-9-35(47)31-14-13-29(40)21-32(31)41)38-33(42)22-30(23-34(38)43)50-17-6-16-45-37(26-7-3-2-4-8-26)39(49)51-18-15-28-20-25-11-12-27(28)19-25/h2-5,7-8,10,13-14,18,21-23,25,27,37,45H,1,6,9,11-12,16-17,19-20,44H2/b10-5-/t15?,25?,27?,37-/m1/s1. The molecule has 51 heavy (non-hydrogen) atoms. The smallest absolute Gasteiger partial charge is 0.333 e. The van der Waals surface area contributed by atoms with Gasteiger partial charge in [0.05, 0.1) is 12.2 Å². The number of nitrogens with two attached hydrogens (primary N) is 1. The zero-order valence-corrected chi connectivity index (χ0v) is 27.7. The molecule has 0 saturated heterocycles. The Morgan fingerprint density at radius 3 is 2.41 bits per heavy atom. The van der Waals surface area contributed by atoms with Gasteiger partial charge in [-0.05, 0) is 73.8 Å². The fraction of sp³-hybridized carbons (Fsp3) is 0.282. The Bertz CT molecular complexity index is 1870. The van der Waals surface area contributed by atoms with Gasteiger partial charge in [0, 0.05) is 30.7 Å². The van der Waals surface area contributed by atoms with Crippen LogP contribution in [0.3, 0.4) is 0 Å². The predicted molar refractivity (Wildman–Crippen MR) is 182 cm³/mol. The Hall–Kier alpha value is -5.45. The third kappa shape index (κ3) is 9.42. The van der Waals surface area contributed by atoms with Crippen LogP contribution in [0, 0.1) is 35.1 Å². The Labute approximate surface area is 292 Å². The van der Waals surface area contributed by atoms with Crippen molar-refractivity contribution in [3.8, 4) is 5.75 Å². The monoisotopic (exact) mass is 703 g/mol. The van der Waals surface area contributed by atoms with E-state index in [-0.39, 0.29) is 17.9 Å². The van der Waals surface area contributed by atoms with Gasteiger partial charge in [0.2, 0.25) is 0 Å². The van der Waals surface area contributed by atoms with Crippen LogP contribution in [0.15, 0.2) is 103 Å². The number of Topliss-reactive ketones (excluding diaryl/α,β-unsaturated/α-hetero) is 1. The lowest BCUT2D eigenvalue weighted by Gasteiger charge is -2.22. The third-order valence-corrected chi connectivity index (χ3v) is 8.79. The number of carbonyl (C=O) groups excluding carboxylic acids is 3. The topological polar surface area (TPSA) is 111 Å². The van der Waals surface area contributed by atoms with Crippen molar-refractivity contribution in [2.75, 3.05) is 18.1 Å². The molecular formula is C39H37F4N3O5. The lowest BCUT2D eigenvalue weighted by molar-refractivity contribution is -0.140. The van der Waals surface area contributed by atoms with Crippen molar-refractivity contribution in [3.63, 3.8) is 0 Å². The van der Waals surface area contributed by atoms with Crippen molar-refractivity contribution in [2.45, 2.75) is 44.6 Å². The minimum atomic E-state index is -1.18. The molecule has 3 aromatic rings. The van der Waals surface area contributed by atoms with Gasteiger partial charge in [0.15, 0.2) is 17.4 Å². The van der Waals surface area contributed by atoms with Gasteiger partial charge < -0.3 is 20.5 Å². The Balaban J connectivity index is 1.15. The molecule has 12 heteroatoms. The van der Waals surface area contributed by atoms with Crippen LogP contribution in [0.25, 0.3) is 0 Å². The minimum Gasteiger partial charge on any atom is -0.493 e. The zero-order valence-electron chi connectivity index (χ0n) is 27.7. The zero-order chi connectivity index (χ0) is 36.5. The number of benzene rings is 3. The number of amides is 1. The normalized spacial score (nSPS) is 16.8. The number of fused-ring (bicyclic) bond motifs is 2. The number of nitrogens with zero attached hydrogens (tertiary/aromatic N) is 1. The second-order valence-electron chi connectivity index (χ2n) is 12.4. The van der Waals surface area contributed by atoms with Gasteiger partial charge >= 0.3 is 5.97 Å². The van der Waals surface area contributed by atoms with Crippen LogP contribution in [0.5, 0.6) is 5.75 Å². The first-order valence-electron chi connectivity index (χ1n) is 16.5. The molecule has 3 aromatic carbocycles. The highest BCUT2D eigenvalue weighted by Gasteiger charge is 2.35. The maximum atomic E-state index is 15.2. The fourth-order valence-electron chi connectivity index (χ4n) is 6.36. The average molecular weight is 704 g/mol. The molecule has 0 radical (unpaired) electrons. The van der Waals surface area contributed by atoms with Crippen LogP contribution >= 0.6 is 0 Å². The Morgan fingerprint density at radius 2 is 1.76 bits per heavy atom. The van der Waals surface area contributed by atoms with Crippen LogP contribution in [-0.4, -0.2) is 30.8 Å². The molecule has 3 N–H and O–H groups in total. The number of esters is 1. The highest BCUT2D eigenvalue weighted by atomic mass is 19.1. The summed E-state index contributed by atoms with van der Waals surface area (Å²) in [6.07, 6.45) is 7.70. The molecule has 2 saturated carbocycles. The summed E-state index contributed by atoms with van der Waals surface area (Å²) in [4.78, 5) is 38.6. The second kappa shape index (κ2) is 17.0. The molecule has 2 unspecified atom stereocenters. The van der Waals surface area contributed by atoms with E-state index < -0.39 is 64.9 Å². The van der Waals surface area contributed by atoms with E-state index in [1.54, 1.807) is 12.1 Å². The summed E-state index contributed by atoms with van der Waals surface area (Å²) in [6, 6.07) is 12.5. The molecule has 0 heterocycles. The molecule has 8 nitrogen and oxygen atoms in total. The number of allylic oxidation sites excluding steroid dienone is 2. The van der Waals surface area contributed by atoms with Crippen LogP contribution in [-0.2, 0) is 14.3 Å². The van der Waals surface area contributed by atoms with Crippen molar-refractivity contribution in [1.82, 2.24) is 5.32 Å². The lowest BCUT2D eigenvalue weighted by Crippen LogP contribution is -2.33. The summed E-state index contributed by atoms with van der Waals surface area (Å²) in [5, 5.41) is 3.15. The summed E-state index contributed by atoms with van der Waals surface area (Å²) in [5.74, 6) is -6.00. The SMILES string of the molecule is C=C(N)N(C(=O)/C=C\CC(=O)c1ccc(F)cc1F)c1c(F)cc(OCCCN[C@@H](C(=O)OC=C=C2CC3CCC2C3)c2ccccc2)cc1F. The maximum Gasteiger partial charge on any atom is 0.333 e. The van der Waals surface area contributed by atoms with Crippen molar-refractivity contribution < 1.29 is 41.4 Å². The summed E-state index contributed by atoms with van der Waals surface area (Å²) < 4.78 is 68.4. The van der Waals surface area contributed by atoms with E-state index in [2.05, 4.69) is 17.6 Å². The number of rotatable bonds is 15. The van der Waals surface area contributed by atoms with Gasteiger partial charge in [0.25, 0.3) is 5.91 Å². The maximum absolute atomic E-state index is 15.2. The third-order valence-electron chi connectivity index (χ3n) is 8.79. The number of anilines is 1. The molecule has 1 amide bonds. The van der Waals surface area contributed by atoms with Gasteiger partial charge in [-0.3, -0.25) is 14.5 Å². The molecule has 0 aliphatic heterocycles. The number of halogens is 4. The Kier molecular flexibility index (Phi) is 12.3. The quantitative estimate of drug-likeness (QED) is 0.0324. The van der Waals surface area contributed by atoms with Crippen LogP contribution in [0.4, 0.5) is 23.2 Å². The van der Waals surface area contributed by atoms with Crippen molar-refractivity contribution in [1.29, 1.82) is 0 Å². The highest BCUT2D eigenvalue weighted by molar-refractivity contribution is 6.04. The van der Waals surface area contributed by atoms with Crippen LogP contribution < -0.4 is 20.7 Å². The number of ether oxygens (including phenoxy) is 2.